The number of nitrogens with zero attached hydrogens (tertiary/aromatic N) is 2. The van der Waals surface area contributed by atoms with Gasteiger partial charge in [0.25, 0.3) is 5.56 Å². The lowest BCUT2D eigenvalue weighted by Gasteiger charge is -2.28. The first-order valence-electron chi connectivity index (χ1n) is 8.78. The minimum Gasteiger partial charge on any atom is -0.495 e. The number of aromatic nitrogens is 2. The van der Waals surface area contributed by atoms with E-state index in [9.17, 15) is 4.79 Å². The van der Waals surface area contributed by atoms with E-state index >= 15 is 0 Å². The van der Waals surface area contributed by atoms with Gasteiger partial charge in [0.15, 0.2) is 0 Å². The van der Waals surface area contributed by atoms with Gasteiger partial charge in [0.05, 0.1) is 17.8 Å². The quantitative estimate of drug-likeness (QED) is 0.891. The van der Waals surface area contributed by atoms with Gasteiger partial charge in [0, 0.05) is 31.6 Å². The number of rotatable bonds is 5. The molecule has 1 saturated carbocycles. The third kappa shape index (κ3) is 3.72. The van der Waals surface area contributed by atoms with Crippen molar-refractivity contribution in [2.75, 3.05) is 13.7 Å². The maximum Gasteiger partial charge on any atom is 0.254 e. The van der Waals surface area contributed by atoms with Gasteiger partial charge in [-0.2, -0.15) is 0 Å². The predicted octanol–water partition coefficient (Wildman–Crippen LogP) is 2.94. The molecule has 1 aromatic heterocycles. The molecule has 132 valence electrons. The van der Waals surface area contributed by atoms with Crippen LogP contribution in [0.2, 0.25) is 5.02 Å². The van der Waals surface area contributed by atoms with Gasteiger partial charge in [-0.05, 0) is 42.9 Å². The van der Waals surface area contributed by atoms with Gasteiger partial charge in [-0.25, -0.2) is 4.98 Å². The second-order valence-corrected chi connectivity index (χ2v) is 7.42. The summed E-state index contributed by atoms with van der Waals surface area (Å²) in [5, 5.41) is 0.624. The highest BCUT2D eigenvalue weighted by Crippen LogP contribution is 2.31. The summed E-state index contributed by atoms with van der Waals surface area (Å²) in [5.74, 6) is 2.25. The normalized spacial score (nSPS) is 17.4. The molecule has 2 heterocycles. The third-order valence-electron chi connectivity index (χ3n) is 5.00. The number of methoxy groups -OCH3 is 1. The molecular formula is C19H22ClN3O2. The molecule has 1 aliphatic carbocycles. The monoisotopic (exact) mass is 359 g/mol. The summed E-state index contributed by atoms with van der Waals surface area (Å²) in [7, 11) is 1.62. The summed E-state index contributed by atoms with van der Waals surface area (Å²) in [6.07, 6.45) is 4.15. The van der Waals surface area contributed by atoms with Crippen LogP contribution in [0.1, 0.15) is 35.5 Å². The number of hydrogen-bond acceptors (Lipinski definition) is 4. The van der Waals surface area contributed by atoms with Crippen molar-refractivity contribution >= 4 is 11.6 Å². The zero-order chi connectivity index (χ0) is 17.4. The summed E-state index contributed by atoms with van der Waals surface area (Å²) < 4.78 is 5.21. The SMILES string of the molecule is COc1ccc(CN2CCc3c(nc(CC4CC4)[nH]c3=O)C2)cc1Cl. The number of ether oxygens (including phenoxy) is 1. The Morgan fingerprint density at radius 3 is 2.96 bits per heavy atom. The third-order valence-corrected chi connectivity index (χ3v) is 5.30. The highest BCUT2D eigenvalue weighted by Gasteiger charge is 2.25. The molecule has 1 N–H and O–H groups in total. The fourth-order valence-electron chi connectivity index (χ4n) is 3.44. The van der Waals surface area contributed by atoms with Gasteiger partial charge in [0.1, 0.15) is 11.6 Å². The average molecular weight is 360 g/mol. The number of nitrogens with one attached hydrogen (secondary N) is 1. The van der Waals surface area contributed by atoms with E-state index in [0.717, 1.165) is 48.6 Å². The van der Waals surface area contributed by atoms with Crippen molar-refractivity contribution < 1.29 is 4.74 Å². The molecule has 0 saturated heterocycles. The van der Waals surface area contributed by atoms with E-state index in [1.165, 1.54) is 12.8 Å². The highest BCUT2D eigenvalue weighted by molar-refractivity contribution is 6.32. The molecular weight excluding hydrogens is 338 g/mol. The molecule has 0 unspecified atom stereocenters. The van der Waals surface area contributed by atoms with E-state index in [1.807, 2.05) is 18.2 Å². The van der Waals surface area contributed by atoms with Gasteiger partial charge >= 0.3 is 0 Å². The van der Waals surface area contributed by atoms with Crippen LogP contribution in [0.3, 0.4) is 0 Å². The first-order valence-corrected chi connectivity index (χ1v) is 9.16. The first-order chi connectivity index (χ1) is 12.1. The summed E-state index contributed by atoms with van der Waals surface area (Å²) in [6, 6.07) is 5.87. The molecule has 2 aromatic rings. The van der Waals surface area contributed by atoms with Crippen LogP contribution < -0.4 is 10.3 Å². The number of H-pyrrole nitrogens is 1. The van der Waals surface area contributed by atoms with Gasteiger partial charge in [0.2, 0.25) is 0 Å². The Balaban J connectivity index is 1.50. The minimum atomic E-state index is 0.0489. The van der Waals surface area contributed by atoms with Crippen molar-refractivity contribution in [1.82, 2.24) is 14.9 Å². The van der Waals surface area contributed by atoms with E-state index in [4.69, 9.17) is 21.3 Å². The van der Waals surface area contributed by atoms with Crippen molar-refractivity contribution in [1.29, 1.82) is 0 Å². The maximum absolute atomic E-state index is 12.3. The molecule has 0 atom stereocenters. The average Bonchev–Trinajstić information content (AvgIpc) is 3.39. The summed E-state index contributed by atoms with van der Waals surface area (Å²) in [4.78, 5) is 22.4. The van der Waals surface area contributed by atoms with Gasteiger partial charge in [-0.1, -0.05) is 17.7 Å². The van der Waals surface area contributed by atoms with Crippen LogP contribution in [0.25, 0.3) is 0 Å². The Morgan fingerprint density at radius 1 is 1.40 bits per heavy atom. The number of halogens is 1. The van der Waals surface area contributed by atoms with Gasteiger partial charge in [-0.3, -0.25) is 9.69 Å². The lowest BCUT2D eigenvalue weighted by atomic mass is 10.1. The van der Waals surface area contributed by atoms with Crippen LogP contribution in [-0.2, 0) is 25.9 Å². The molecule has 1 aliphatic heterocycles. The van der Waals surface area contributed by atoms with E-state index in [-0.39, 0.29) is 5.56 Å². The van der Waals surface area contributed by atoms with Crippen LogP contribution >= 0.6 is 11.6 Å². The minimum absolute atomic E-state index is 0.0489. The van der Waals surface area contributed by atoms with Crippen molar-refractivity contribution in [3.63, 3.8) is 0 Å². The molecule has 0 radical (unpaired) electrons. The molecule has 0 amide bonds. The molecule has 6 heteroatoms. The molecule has 2 aliphatic rings. The smallest absolute Gasteiger partial charge is 0.254 e. The zero-order valence-electron chi connectivity index (χ0n) is 14.3. The molecule has 0 spiro atoms. The highest BCUT2D eigenvalue weighted by atomic mass is 35.5. The fraction of sp³-hybridized carbons (Fsp3) is 0.474. The van der Waals surface area contributed by atoms with Crippen LogP contribution in [-0.4, -0.2) is 28.5 Å². The lowest BCUT2D eigenvalue weighted by Crippen LogP contribution is -2.35. The van der Waals surface area contributed by atoms with Gasteiger partial charge < -0.3 is 9.72 Å². The van der Waals surface area contributed by atoms with Crippen LogP contribution in [0.5, 0.6) is 5.75 Å². The Labute approximate surface area is 152 Å². The van der Waals surface area contributed by atoms with E-state index in [1.54, 1.807) is 7.11 Å². The van der Waals surface area contributed by atoms with E-state index in [0.29, 0.717) is 23.2 Å². The lowest BCUT2D eigenvalue weighted by molar-refractivity contribution is 0.240. The second-order valence-electron chi connectivity index (χ2n) is 7.01. The van der Waals surface area contributed by atoms with Gasteiger partial charge in [-0.15, -0.1) is 0 Å². The molecule has 25 heavy (non-hydrogen) atoms. The number of benzene rings is 1. The molecule has 0 bridgehead atoms. The van der Waals surface area contributed by atoms with Crippen molar-refractivity contribution in [2.24, 2.45) is 5.92 Å². The standard InChI is InChI=1S/C19H22ClN3O2/c1-25-17-5-4-13(8-15(17)20)10-23-7-6-14-16(11-23)21-18(22-19(14)24)9-12-2-3-12/h4-5,8,12H,2-3,6-7,9-11H2,1H3,(H,21,22,24). The number of hydrogen-bond donors (Lipinski definition) is 1. The maximum atomic E-state index is 12.3. The second kappa shape index (κ2) is 6.81. The largest absolute Gasteiger partial charge is 0.495 e. The fourth-order valence-corrected chi connectivity index (χ4v) is 3.72. The summed E-state index contributed by atoms with van der Waals surface area (Å²) in [6.45, 7) is 2.35. The summed E-state index contributed by atoms with van der Waals surface area (Å²) in [5.41, 5.74) is 2.97. The first kappa shape index (κ1) is 16.6. The molecule has 1 aromatic carbocycles. The molecule has 1 fully saturated rings. The Hall–Kier alpha value is -1.85. The summed E-state index contributed by atoms with van der Waals surface area (Å²) >= 11 is 6.22. The van der Waals surface area contributed by atoms with Crippen molar-refractivity contribution in [3.8, 4) is 5.75 Å². The molecule has 5 nitrogen and oxygen atoms in total. The number of aromatic amines is 1. The Morgan fingerprint density at radius 2 is 2.24 bits per heavy atom. The molecule has 4 rings (SSSR count). The predicted molar refractivity (Wildman–Crippen MR) is 97.1 cm³/mol. The van der Waals surface area contributed by atoms with Crippen LogP contribution in [0.15, 0.2) is 23.0 Å². The van der Waals surface area contributed by atoms with Crippen LogP contribution in [0, 0.1) is 5.92 Å². The Kier molecular flexibility index (Phi) is 4.52. The topological polar surface area (TPSA) is 58.2 Å². The number of fused-ring (bicyclic) bond motifs is 1. The van der Waals surface area contributed by atoms with E-state index in [2.05, 4.69) is 9.88 Å². The van der Waals surface area contributed by atoms with E-state index < -0.39 is 0 Å². The zero-order valence-corrected chi connectivity index (χ0v) is 15.1. The Bertz CT molecular complexity index is 845. The van der Waals surface area contributed by atoms with Crippen LogP contribution in [0.4, 0.5) is 0 Å². The van der Waals surface area contributed by atoms with Crippen molar-refractivity contribution in [2.45, 2.75) is 38.8 Å². The van der Waals surface area contributed by atoms with Crippen molar-refractivity contribution in [3.05, 3.63) is 56.2 Å².